The molecule has 2 aliphatic rings. The second-order valence-corrected chi connectivity index (χ2v) is 8.64. The summed E-state index contributed by atoms with van der Waals surface area (Å²) >= 11 is 12.2. The zero-order valence-electron chi connectivity index (χ0n) is 17.4. The number of hydrogen-bond acceptors (Lipinski definition) is 8. The van der Waals surface area contributed by atoms with E-state index in [0.29, 0.717) is 28.5 Å². The van der Waals surface area contributed by atoms with Crippen LogP contribution in [0.2, 0.25) is 10.0 Å². The van der Waals surface area contributed by atoms with Crippen molar-refractivity contribution in [2.45, 2.75) is 19.4 Å². The van der Waals surface area contributed by atoms with E-state index in [1.54, 1.807) is 18.2 Å². The Morgan fingerprint density at radius 2 is 2.06 bits per heavy atom. The topological polar surface area (TPSA) is 115 Å². The van der Waals surface area contributed by atoms with Crippen LogP contribution in [0.15, 0.2) is 29.4 Å². The van der Waals surface area contributed by atoms with Crippen LogP contribution in [0, 0.1) is 5.92 Å². The van der Waals surface area contributed by atoms with Crippen molar-refractivity contribution in [1.29, 1.82) is 0 Å². The number of carbonyl (C=O) groups is 1. The molecule has 2 aliphatic heterocycles. The lowest BCUT2D eigenvalue weighted by Crippen LogP contribution is -2.41. The molecule has 2 aromatic rings. The number of aromatic nitrogens is 2. The molecule has 4 rings (SSSR count). The third-order valence-corrected chi connectivity index (χ3v) is 6.18. The first-order valence-electron chi connectivity index (χ1n) is 10.5. The highest BCUT2D eigenvalue weighted by molar-refractivity contribution is 6.35. The van der Waals surface area contributed by atoms with Gasteiger partial charge in [0.2, 0.25) is 5.95 Å². The van der Waals surface area contributed by atoms with Crippen LogP contribution < -0.4 is 20.9 Å². The van der Waals surface area contributed by atoms with Crippen LogP contribution >= 0.6 is 23.2 Å². The Hall–Kier alpha value is -2.78. The molecule has 0 amide bonds. The molecule has 1 fully saturated rings. The molecule has 32 heavy (non-hydrogen) atoms. The number of hydrogen-bond donors (Lipinski definition) is 4. The monoisotopic (exact) mass is 477 g/mol. The first-order chi connectivity index (χ1) is 15.5. The second-order valence-electron chi connectivity index (χ2n) is 7.80. The van der Waals surface area contributed by atoms with Gasteiger partial charge in [-0.15, -0.1) is 0 Å². The van der Waals surface area contributed by atoms with Crippen molar-refractivity contribution < 1.29 is 9.90 Å². The number of guanidine groups is 1. The summed E-state index contributed by atoms with van der Waals surface area (Å²) in [6.45, 7) is 4.53. The van der Waals surface area contributed by atoms with Crippen LogP contribution in [0.1, 0.15) is 28.8 Å². The SMILES string of the molecule is O=C(O)c1cnc(N2CCC(CNC3=NCCN3)CC2)nc1NCc1ccc(Cl)cc1Cl. The first-order valence-corrected chi connectivity index (χ1v) is 11.3. The molecule has 1 aromatic carbocycles. The number of aliphatic imine (C=N–C) groups is 1. The Balaban J connectivity index is 1.39. The fourth-order valence-electron chi connectivity index (χ4n) is 3.75. The number of carboxylic acids is 1. The third kappa shape index (κ3) is 5.52. The van der Waals surface area contributed by atoms with Crippen molar-refractivity contribution in [3.8, 4) is 0 Å². The molecule has 0 bridgehead atoms. The Morgan fingerprint density at radius 3 is 2.75 bits per heavy atom. The highest BCUT2D eigenvalue weighted by atomic mass is 35.5. The number of piperidine rings is 1. The summed E-state index contributed by atoms with van der Waals surface area (Å²) in [7, 11) is 0. The molecule has 11 heteroatoms. The quantitative estimate of drug-likeness (QED) is 0.481. The molecule has 1 aromatic heterocycles. The molecular formula is C21H25Cl2N7O2. The van der Waals surface area contributed by atoms with Crippen molar-refractivity contribution in [1.82, 2.24) is 20.6 Å². The zero-order valence-corrected chi connectivity index (χ0v) is 19.0. The van der Waals surface area contributed by atoms with E-state index in [-0.39, 0.29) is 11.4 Å². The van der Waals surface area contributed by atoms with Crippen LogP contribution in [0.5, 0.6) is 0 Å². The predicted molar refractivity (Wildman–Crippen MR) is 126 cm³/mol. The van der Waals surface area contributed by atoms with Crippen molar-refractivity contribution in [3.05, 3.63) is 45.6 Å². The van der Waals surface area contributed by atoms with E-state index < -0.39 is 5.97 Å². The summed E-state index contributed by atoms with van der Waals surface area (Å²) in [5.74, 6) is 1.13. The van der Waals surface area contributed by atoms with E-state index in [9.17, 15) is 9.90 Å². The number of nitrogens with zero attached hydrogens (tertiary/aromatic N) is 4. The molecule has 0 radical (unpaired) electrons. The first kappa shape index (κ1) is 22.4. The minimum absolute atomic E-state index is 0.0164. The number of nitrogens with one attached hydrogen (secondary N) is 3. The van der Waals surface area contributed by atoms with Gasteiger partial charge in [-0.1, -0.05) is 29.3 Å². The van der Waals surface area contributed by atoms with E-state index in [1.807, 2.05) is 0 Å². The van der Waals surface area contributed by atoms with Gasteiger partial charge in [0, 0.05) is 49.0 Å². The fraction of sp³-hybridized carbons (Fsp3) is 0.429. The molecule has 0 spiro atoms. The number of halogens is 2. The molecule has 1 saturated heterocycles. The van der Waals surface area contributed by atoms with E-state index in [4.69, 9.17) is 23.2 Å². The van der Waals surface area contributed by atoms with Gasteiger partial charge in [-0.3, -0.25) is 4.99 Å². The van der Waals surface area contributed by atoms with E-state index in [2.05, 4.69) is 35.8 Å². The summed E-state index contributed by atoms with van der Waals surface area (Å²) in [4.78, 5) is 26.9. The lowest BCUT2D eigenvalue weighted by atomic mass is 9.97. The van der Waals surface area contributed by atoms with E-state index in [0.717, 1.165) is 57.1 Å². The Kier molecular flexibility index (Phi) is 7.16. The van der Waals surface area contributed by atoms with Gasteiger partial charge in [0.15, 0.2) is 5.96 Å². The lowest BCUT2D eigenvalue weighted by Gasteiger charge is -2.32. The van der Waals surface area contributed by atoms with E-state index in [1.165, 1.54) is 6.20 Å². The maximum Gasteiger partial charge on any atom is 0.341 e. The van der Waals surface area contributed by atoms with Crippen LogP contribution in [-0.2, 0) is 6.54 Å². The van der Waals surface area contributed by atoms with Crippen LogP contribution in [0.25, 0.3) is 0 Å². The molecule has 0 saturated carbocycles. The van der Waals surface area contributed by atoms with Gasteiger partial charge in [0.25, 0.3) is 0 Å². The van der Waals surface area contributed by atoms with Gasteiger partial charge in [-0.25, -0.2) is 9.78 Å². The van der Waals surface area contributed by atoms with Crippen LogP contribution in [0.3, 0.4) is 0 Å². The Labute approximate surface area is 196 Å². The third-order valence-electron chi connectivity index (χ3n) is 5.60. The van der Waals surface area contributed by atoms with Gasteiger partial charge >= 0.3 is 5.97 Å². The van der Waals surface area contributed by atoms with E-state index >= 15 is 0 Å². The number of aromatic carboxylic acids is 1. The molecule has 170 valence electrons. The Morgan fingerprint density at radius 1 is 1.25 bits per heavy atom. The van der Waals surface area contributed by atoms with Crippen molar-refractivity contribution in [2.75, 3.05) is 42.9 Å². The molecule has 4 N–H and O–H groups in total. The normalized spacial score (nSPS) is 16.4. The summed E-state index contributed by atoms with van der Waals surface area (Å²) in [6.07, 6.45) is 3.34. The van der Waals surface area contributed by atoms with Crippen molar-refractivity contribution in [2.24, 2.45) is 10.9 Å². The summed E-state index contributed by atoms with van der Waals surface area (Å²) < 4.78 is 0. The summed E-state index contributed by atoms with van der Waals surface area (Å²) in [6, 6.07) is 5.19. The molecule has 0 atom stereocenters. The number of benzene rings is 1. The van der Waals surface area contributed by atoms with Crippen molar-refractivity contribution >= 4 is 46.9 Å². The molecule has 0 aliphatic carbocycles. The largest absolute Gasteiger partial charge is 0.477 e. The van der Waals surface area contributed by atoms with Gasteiger partial charge in [-0.2, -0.15) is 4.98 Å². The van der Waals surface area contributed by atoms with Gasteiger partial charge in [0.05, 0.1) is 6.54 Å². The summed E-state index contributed by atoms with van der Waals surface area (Å²) in [5.41, 5.74) is 0.810. The number of rotatable bonds is 7. The van der Waals surface area contributed by atoms with Gasteiger partial charge < -0.3 is 26.0 Å². The minimum Gasteiger partial charge on any atom is -0.477 e. The van der Waals surface area contributed by atoms with Crippen LogP contribution in [-0.4, -0.2) is 59.7 Å². The number of anilines is 2. The van der Waals surface area contributed by atoms with Gasteiger partial charge in [-0.05, 0) is 36.5 Å². The molecule has 9 nitrogen and oxygen atoms in total. The molecular weight excluding hydrogens is 453 g/mol. The summed E-state index contributed by atoms with van der Waals surface area (Å²) in [5, 5.41) is 20.3. The predicted octanol–water partition coefficient (Wildman–Crippen LogP) is 2.86. The highest BCUT2D eigenvalue weighted by Crippen LogP contribution is 2.25. The van der Waals surface area contributed by atoms with Crippen LogP contribution in [0.4, 0.5) is 11.8 Å². The zero-order chi connectivity index (χ0) is 22.5. The lowest BCUT2D eigenvalue weighted by molar-refractivity contribution is 0.0697. The average Bonchev–Trinajstić information content (AvgIpc) is 3.31. The molecule has 0 unspecified atom stereocenters. The standard InChI is InChI=1S/C21H25Cl2N7O2/c22-15-2-1-14(17(23)9-15)11-26-18-16(19(31)32)12-28-21(29-18)30-7-3-13(4-8-30)10-27-20-24-5-6-25-20/h1-2,9,12-13H,3-8,10-11H2,(H,31,32)(H2,24,25,27)(H,26,28,29). The maximum atomic E-state index is 11.7. The highest BCUT2D eigenvalue weighted by Gasteiger charge is 2.23. The van der Waals surface area contributed by atoms with Gasteiger partial charge in [0.1, 0.15) is 11.4 Å². The minimum atomic E-state index is -1.09. The average molecular weight is 478 g/mol. The fourth-order valence-corrected chi connectivity index (χ4v) is 4.23. The number of carboxylic acid groups (broad SMARTS) is 1. The second kappa shape index (κ2) is 10.2. The molecule has 3 heterocycles. The smallest absolute Gasteiger partial charge is 0.341 e. The van der Waals surface area contributed by atoms with Crippen molar-refractivity contribution in [3.63, 3.8) is 0 Å². The maximum absolute atomic E-state index is 11.7. The Bertz CT molecular complexity index is 1010.